The Morgan fingerprint density at radius 3 is 2.11 bits per heavy atom. The zero-order valence-corrected chi connectivity index (χ0v) is 23.8. The molecule has 2 amide bonds. The molecule has 0 aliphatic rings. The lowest BCUT2D eigenvalue weighted by molar-refractivity contribution is -0.141. The molecule has 0 aliphatic carbocycles. The van der Waals surface area contributed by atoms with E-state index in [9.17, 15) is 18.0 Å². The van der Waals surface area contributed by atoms with E-state index in [0.29, 0.717) is 15.6 Å². The van der Waals surface area contributed by atoms with Gasteiger partial charge in [-0.1, -0.05) is 65.7 Å². The normalized spacial score (nSPS) is 12.4. The summed E-state index contributed by atoms with van der Waals surface area (Å²) in [5.41, 5.74) is 1.58. The molecule has 3 rings (SSSR count). The molecule has 1 N–H and O–H groups in total. The molecule has 0 saturated heterocycles. The SMILES string of the molecule is CC(C)NC(=O)C(Cc1ccccc1)N(Cc1cccc(Cl)c1)C(=O)CN(C)S(=O)(=O)c1ccc(Cl)cc1. The molecule has 1 atom stereocenters. The van der Waals surface area contributed by atoms with Crippen molar-refractivity contribution in [2.24, 2.45) is 0 Å². The molecule has 0 heterocycles. The topological polar surface area (TPSA) is 86.8 Å². The van der Waals surface area contributed by atoms with Crippen LogP contribution in [0.4, 0.5) is 0 Å². The lowest BCUT2D eigenvalue weighted by atomic mass is 10.0. The van der Waals surface area contributed by atoms with Gasteiger partial charge in [0.1, 0.15) is 6.04 Å². The largest absolute Gasteiger partial charge is 0.352 e. The van der Waals surface area contributed by atoms with Gasteiger partial charge in [0.05, 0.1) is 11.4 Å². The van der Waals surface area contributed by atoms with Gasteiger partial charge in [-0.05, 0) is 61.4 Å². The Kier molecular flexibility index (Phi) is 10.3. The number of sulfonamides is 1. The van der Waals surface area contributed by atoms with Gasteiger partial charge in [-0.25, -0.2) is 8.42 Å². The van der Waals surface area contributed by atoms with Crippen molar-refractivity contribution in [1.82, 2.24) is 14.5 Å². The van der Waals surface area contributed by atoms with E-state index in [4.69, 9.17) is 23.2 Å². The van der Waals surface area contributed by atoms with Crippen LogP contribution in [0.3, 0.4) is 0 Å². The number of likely N-dealkylation sites (N-methyl/N-ethyl adjacent to an activating group) is 1. The Hall–Kier alpha value is -2.91. The number of nitrogens with zero attached hydrogens (tertiary/aromatic N) is 2. The summed E-state index contributed by atoms with van der Waals surface area (Å²) in [5.74, 6) is -0.854. The maximum absolute atomic E-state index is 13.8. The zero-order chi connectivity index (χ0) is 27.9. The van der Waals surface area contributed by atoms with E-state index in [-0.39, 0.29) is 29.8 Å². The number of hydrogen-bond donors (Lipinski definition) is 1. The number of nitrogens with one attached hydrogen (secondary N) is 1. The molecule has 0 spiro atoms. The van der Waals surface area contributed by atoms with Gasteiger partial charge >= 0.3 is 0 Å². The van der Waals surface area contributed by atoms with Crippen LogP contribution in [0.2, 0.25) is 10.0 Å². The molecule has 0 aliphatic heterocycles. The Morgan fingerprint density at radius 1 is 0.868 bits per heavy atom. The van der Waals surface area contributed by atoms with Crippen LogP contribution < -0.4 is 5.32 Å². The second kappa shape index (κ2) is 13.2. The highest BCUT2D eigenvalue weighted by atomic mass is 35.5. The highest BCUT2D eigenvalue weighted by molar-refractivity contribution is 7.89. The van der Waals surface area contributed by atoms with Crippen molar-refractivity contribution in [3.05, 3.63) is 100 Å². The van der Waals surface area contributed by atoms with Gasteiger partial charge in [0.2, 0.25) is 21.8 Å². The van der Waals surface area contributed by atoms with Gasteiger partial charge in [-0.15, -0.1) is 0 Å². The van der Waals surface area contributed by atoms with Crippen LogP contribution in [0.1, 0.15) is 25.0 Å². The first-order chi connectivity index (χ1) is 18.0. The summed E-state index contributed by atoms with van der Waals surface area (Å²) in [6.07, 6.45) is 0.249. The lowest BCUT2D eigenvalue weighted by Crippen LogP contribution is -2.53. The van der Waals surface area contributed by atoms with E-state index < -0.39 is 28.5 Å². The zero-order valence-electron chi connectivity index (χ0n) is 21.5. The standard InChI is InChI=1S/C28H31Cl2N3O4S/c1-20(2)31-28(35)26(17-21-8-5-4-6-9-21)33(18-22-10-7-11-24(30)16-22)27(34)19-32(3)38(36,37)25-14-12-23(29)13-15-25/h4-16,20,26H,17-19H2,1-3H3,(H,31,35). The third kappa shape index (κ3) is 8.04. The van der Waals surface area contributed by atoms with E-state index >= 15 is 0 Å². The predicted molar refractivity (Wildman–Crippen MR) is 150 cm³/mol. The van der Waals surface area contributed by atoms with Crippen molar-refractivity contribution in [3.8, 4) is 0 Å². The average Bonchev–Trinajstić information content (AvgIpc) is 2.86. The van der Waals surface area contributed by atoms with Crippen LogP contribution in [0, 0.1) is 0 Å². The number of rotatable bonds is 11. The summed E-state index contributed by atoms with van der Waals surface area (Å²) in [5, 5.41) is 3.79. The Bertz CT molecular complexity index is 1350. The molecule has 0 radical (unpaired) electrons. The molecule has 0 bridgehead atoms. The molecule has 3 aromatic carbocycles. The third-order valence-corrected chi connectivity index (χ3v) is 8.13. The van der Waals surface area contributed by atoms with Crippen LogP contribution in [0.5, 0.6) is 0 Å². The second-order valence-electron chi connectivity index (χ2n) is 9.24. The molecule has 0 saturated carbocycles. The lowest BCUT2D eigenvalue weighted by Gasteiger charge is -2.33. The van der Waals surface area contributed by atoms with Crippen LogP contribution in [0.15, 0.2) is 83.8 Å². The fourth-order valence-corrected chi connectivity index (χ4v) is 5.38. The summed E-state index contributed by atoms with van der Waals surface area (Å²) in [4.78, 5) is 28.6. The van der Waals surface area contributed by atoms with Crippen LogP contribution >= 0.6 is 23.2 Å². The molecular weight excluding hydrogens is 545 g/mol. The summed E-state index contributed by atoms with van der Waals surface area (Å²) in [7, 11) is -2.65. The maximum atomic E-state index is 13.8. The van der Waals surface area contributed by atoms with Gasteiger partial charge in [-0.3, -0.25) is 9.59 Å². The average molecular weight is 577 g/mol. The van der Waals surface area contributed by atoms with Gasteiger partial charge in [0.15, 0.2) is 0 Å². The van der Waals surface area contributed by atoms with E-state index in [1.807, 2.05) is 44.2 Å². The van der Waals surface area contributed by atoms with Crippen molar-refractivity contribution in [3.63, 3.8) is 0 Å². The van der Waals surface area contributed by atoms with Gasteiger partial charge < -0.3 is 10.2 Å². The van der Waals surface area contributed by atoms with Crippen molar-refractivity contribution in [2.45, 2.75) is 43.8 Å². The molecule has 0 aromatic heterocycles. The first-order valence-corrected chi connectivity index (χ1v) is 14.3. The Balaban J connectivity index is 1.97. The van der Waals surface area contributed by atoms with E-state index in [2.05, 4.69) is 5.32 Å². The van der Waals surface area contributed by atoms with Crippen molar-refractivity contribution in [1.29, 1.82) is 0 Å². The Labute approximate surface area is 234 Å². The van der Waals surface area contributed by atoms with Crippen LogP contribution in [0.25, 0.3) is 0 Å². The number of amides is 2. The molecule has 3 aromatic rings. The summed E-state index contributed by atoms with van der Waals surface area (Å²) in [6, 6.07) is 21.0. The fraction of sp³-hybridized carbons (Fsp3) is 0.286. The summed E-state index contributed by atoms with van der Waals surface area (Å²) >= 11 is 12.1. The van der Waals surface area contributed by atoms with Crippen molar-refractivity contribution >= 4 is 45.0 Å². The molecule has 0 fully saturated rings. The Morgan fingerprint density at radius 2 is 1.50 bits per heavy atom. The molecule has 10 heteroatoms. The predicted octanol–water partition coefficient (Wildman–Crippen LogP) is 4.78. The van der Waals surface area contributed by atoms with E-state index in [1.165, 1.54) is 36.2 Å². The number of benzene rings is 3. The monoisotopic (exact) mass is 575 g/mol. The number of hydrogen-bond acceptors (Lipinski definition) is 4. The molecule has 1 unspecified atom stereocenters. The minimum absolute atomic E-state index is 0.0111. The molecular formula is C28H31Cl2N3O4S. The third-order valence-electron chi connectivity index (χ3n) is 5.82. The number of carbonyl (C=O) groups excluding carboxylic acids is 2. The molecule has 202 valence electrons. The minimum Gasteiger partial charge on any atom is -0.352 e. The van der Waals surface area contributed by atoms with Gasteiger partial charge in [0.25, 0.3) is 0 Å². The maximum Gasteiger partial charge on any atom is 0.243 e. The molecule has 38 heavy (non-hydrogen) atoms. The fourth-order valence-electron chi connectivity index (χ4n) is 3.92. The highest BCUT2D eigenvalue weighted by Crippen LogP contribution is 2.20. The number of halogens is 2. The van der Waals surface area contributed by atoms with E-state index in [0.717, 1.165) is 9.87 Å². The van der Waals surface area contributed by atoms with E-state index in [1.54, 1.807) is 24.3 Å². The highest BCUT2D eigenvalue weighted by Gasteiger charge is 2.33. The molecule has 7 nitrogen and oxygen atoms in total. The summed E-state index contributed by atoms with van der Waals surface area (Å²) in [6.45, 7) is 3.28. The van der Waals surface area contributed by atoms with Crippen molar-refractivity contribution < 1.29 is 18.0 Å². The quantitative estimate of drug-likeness (QED) is 0.356. The van der Waals surface area contributed by atoms with Gasteiger partial charge in [-0.2, -0.15) is 4.31 Å². The van der Waals surface area contributed by atoms with Crippen LogP contribution in [-0.4, -0.2) is 55.1 Å². The summed E-state index contributed by atoms with van der Waals surface area (Å²) < 4.78 is 27.3. The van der Waals surface area contributed by atoms with Crippen molar-refractivity contribution in [2.75, 3.05) is 13.6 Å². The number of carbonyl (C=O) groups is 2. The first-order valence-electron chi connectivity index (χ1n) is 12.1. The smallest absolute Gasteiger partial charge is 0.243 e. The van der Waals surface area contributed by atoms with Crippen LogP contribution in [-0.2, 0) is 32.6 Å². The first kappa shape index (κ1) is 29.6. The van der Waals surface area contributed by atoms with Gasteiger partial charge in [0, 0.05) is 36.1 Å². The second-order valence-corrected chi connectivity index (χ2v) is 12.2. The minimum atomic E-state index is -3.98.